The third-order valence-corrected chi connectivity index (χ3v) is 2.42. The first-order valence-corrected chi connectivity index (χ1v) is 5.71. The van der Waals surface area contributed by atoms with E-state index in [0.29, 0.717) is 18.3 Å². The monoisotopic (exact) mass is 242 g/mol. The first kappa shape index (κ1) is 12.9. The van der Waals surface area contributed by atoms with Crippen LogP contribution in [0.3, 0.4) is 0 Å². The molecular weight excluding hydrogens is 224 g/mol. The number of ether oxygens (including phenoxy) is 1. The lowest BCUT2D eigenvalue weighted by Crippen LogP contribution is -2.39. The number of hydrogen-bond donors (Lipinski definition) is 3. The third-order valence-electron chi connectivity index (χ3n) is 2.15. The van der Waals surface area contributed by atoms with Crippen LogP contribution >= 0.6 is 12.2 Å². The Balaban J connectivity index is 2.36. The molecule has 90 valence electrons. The summed E-state index contributed by atoms with van der Waals surface area (Å²) < 4.78 is 4.93. The van der Waals surface area contributed by atoms with Crippen molar-refractivity contribution in [2.24, 2.45) is 0 Å². The molecule has 0 aliphatic heterocycles. The van der Waals surface area contributed by atoms with Crippen LogP contribution in [0.1, 0.15) is 25.2 Å². The molecule has 6 heteroatoms. The summed E-state index contributed by atoms with van der Waals surface area (Å²) in [7, 11) is 1.66. The van der Waals surface area contributed by atoms with Gasteiger partial charge in [-0.2, -0.15) is 0 Å². The summed E-state index contributed by atoms with van der Waals surface area (Å²) in [4.78, 5) is 7.28. The van der Waals surface area contributed by atoms with Crippen molar-refractivity contribution in [3.05, 3.63) is 18.2 Å². The molecule has 0 saturated carbocycles. The number of hydrogen-bond acceptors (Lipinski definition) is 3. The molecule has 0 bridgehead atoms. The number of methoxy groups -OCH3 is 1. The van der Waals surface area contributed by atoms with Gasteiger partial charge in [0, 0.05) is 26.0 Å². The number of thiocarbonyl (C=S) groups is 1. The number of nitrogens with one attached hydrogen (secondary N) is 3. The molecule has 0 spiro atoms. The van der Waals surface area contributed by atoms with Crippen LogP contribution in [0.25, 0.3) is 0 Å². The van der Waals surface area contributed by atoms with Gasteiger partial charge < -0.3 is 20.4 Å². The summed E-state index contributed by atoms with van der Waals surface area (Å²) in [5.41, 5.74) is 0. The molecule has 0 fully saturated rings. The number of H-pyrrole nitrogens is 1. The van der Waals surface area contributed by atoms with Gasteiger partial charge in [0.1, 0.15) is 5.82 Å². The maximum absolute atomic E-state index is 5.16. The van der Waals surface area contributed by atoms with E-state index in [9.17, 15) is 0 Å². The molecule has 1 aromatic rings. The second kappa shape index (κ2) is 7.19. The van der Waals surface area contributed by atoms with Crippen molar-refractivity contribution < 1.29 is 4.74 Å². The molecule has 1 aromatic heterocycles. The van der Waals surface area contributed by atoms with Crippen molar-refractivity contribution in [2.45, 2.75) is 19.4 Å². The normalized spacial score (nSPS) is 12.1. The molecule has 1 unspecified atom stereocenters. The Morgan fingerprint density at radius 1 is 1.69 bits per heavy atom. The topological polar surface area (TPSA) is 62.0 Å². The number of rotatable bonds is 6. The van der Waals surface area contributed by atoms with Crippen LogP contribution in [0.5, 0.6) is 0 Å². The Hall–Kier alpha value is -1.14. The number of aromatic nitrogens is 2. The molecule has 0 amide bonds. The molecule has 1 heterocycles. The van der Waals surface area contributed by atoms with Gasteiger partial charge in [-0.15, -0.1) is 0 Å². The highest BCUT2D eigenvalue weighted by molar-refractivity contribution is 7.80. The molecule has 5 nitrogen and oxygen atoms in total. The minimum atomic E-state index is 0.123. The fourth-order valence-electron chi connectivity index (χ4n) is 1.31. The molecule has 1 rings (SSSR count). The van der Waals surface area contributed by atoms with Crippen molar-refractivity contribution in [2.75, 3.05) is 20.3 Å². The van der Waals surface area contributed by atoms with Gasteiger partial charge in [-0.25, -0.2) is 4.98 Å². The molecule has 3 N–H and O–H groups in total. The van der Waals surface area contributed by atoms with Crippen LogP contribution in [-0.2, 0) is 4.74 Å². The zero-order valence-corrected chi connectivity index (χ0v) is 10.4. The lowest BCUT2D eigenvalue weighted by Gasteiger charge is -2.17. The first-order chi connectivity index (χ1) is 7.77. The highest BCUT2D eigenvalue weighted by atomic mass is 32.1. The fraction of sp³-hybridized carbons (Fsp3) is 0.600. The first-order valence-electron chi connectivity index (χ1n) is 5.30. The van der Waals surface area contributed by atoms with E-state index in [4.69, 9.17) is 17.0 Å². The van der Waals surface area contributed by atoms with Crippen molar-refractivity contribution in [3.63, 3.8) is 0 Å². The number of nitrogens with zero attached hydrogens (tertiary/aromatic N) is 1. The maximum atomic E-state index is 5.16. The summed E-state index contributed by atoms with van der Waals surface area (Å²) >= 11 is 5.16. The Morgan fingerprint density at radius 2 is 2.50 bits per heavy atom. The van der Waals surface area contributed by atoms with E-state index < -0.39 is 0 Å². The maximum Gasteiger partial charge on any atom is 0.166 e. The van der Waals surface area contributed by atoms with Crippen molar-refractivity contribution >= 4 is 17.3 Å². The molecule has 0 aromatic carbocycles. The van der Waals surface area contributed by atoms with Crippen LogP contribution in [0, 0.1) is 0 Å². The van der Waals surface area contributed by atoms with Gasteiger partial charge in [-0.3, -0.25) is 0 Å². The number of aromatic amines is 1. The largest absolute Gasteiger partial charge is 0.383 e. The number of imidazole rings is 1. The van der Waals surface area contributed by atoms with E-state index in [1.165, 1.54) is 0 Å². The van der Waals surface area contributed by atoms with Gasteiger partial charge in [0.05, 0.1) is 12.6 Å². The quantitative estimate of drug-likeness (QED) is 0.512. The zero-order chi connectivity index (χ0) is 11.8. The van der Waals surface area contributed by atoms with E-state index in [0.717, 1.165) is 12.2 Å². The second-order valence-corrected chi connectivity index (χ2v) is 3.74. The molecule has 1 atom stereocenters. The van der Waals surface area contributed by atoms with Gasteiger partial charge in [-0.1, -0.05) is 6.92 Å². The zero-order valence-electron chi connectivity index (χ0n) is 9.62. The molecule has 16 heavy (non-hydrogen) atoms. The van der Waals surface area contributed by atoms with Crippen LogP contribution in [-0.4, -0.2) is 35.3 Å². The highest BCUT2D eigenvalue weighted by Crippen LogP contribution is 2.10. The van der Waals surface area contributed by atoms with E-state index in [-0.39, 0.29) is 6.04 Å². The highest BCUT2D eigenvalue weighted by Gasteiger charge is 2.11. The summed E-state index contributed by atoms with van der Waals surface area (Å²) in [6.07, 6.45) is 4.46. The van der Waals surface area contributed by atoms with Crippen LogP contribution < -0.4 is 10.6 Å². The van der Waals surface area contributed by atoms with Gasteiger partial charge >= 0.3 is 0 Å². The second-order valence-electron chi connectivity index (χ2n) is 3.33. The predicted molar refractivity (Wildman–Crippen MR) is 67.2 cm³/mol. The van der Waals surface area contributed by atoms with Crippen LogP contribution in [0.15, 0.2) is 12.4 Å². The summed E-state index contributed by atoms with van der Waals surface area (Å²) in [6.45, 7) is 3.42. The fourth-order valence-corrected chi connectivity index (χ4v) is 1.55. The average Bonchev–Trinajstić information content (AvgIpc) is 2.79. The molecule has 0 saturated heterocycles. The molecule has 0 radical (unpaired) electrons. The predicted octanol–water partition coefficient (Wildman–Crippen LogP) is 0.971. The summed E-state index contributed by atoms with van der Waals surface area (Å²) in [5.74, 6) is 0.901. The van der Waals surface area contributed by atoms with E-state index >= 15 is 0 Å². The van der Waals surface area contributed by atoms with E-state index in [2.05, 4.69) is 27.5 Å². The lowest BCUT2D eigenvalue weighted by atomic mass is 10.2. The summed E-state index contributed by atoms with van der Waals surface area (Å²) in [5, 5.41) is 6.89. The Morgan fingerprint density at radius 3 is 3.06 bits per heavy atom. The molecule has 0 aliphatic carbocycles. The van der Waals surface area contributed by atoms with E-state index in [1.807, 2.05) is 0 Å². The Bertz CT molecular complexity index is 302. The lowest BCUT2D eigenvalue weighted by molar-refractivity contribution is 0.204. The van der Waals surface area contributed by atoms with Crippen molar-refractivity contribution in [1.29, 1.82) is 0 Å². The van der Waals surface area contributed by atoms with Gasteiger partial charge in [-0.05, 0) is 18.6 Å². The van der Waals surface area contributed by atoms with Crippen LogP contribution in [0.2, 0.25) is 0 Å². The minimum Gasteiger partial charge on any atom is -0.383 e. The van der Waals surface area contributed by atoms with Crippen molar-refractivity contribution in [1.82, 2.24) is 20.6 Å². The minimum absolute atomic E-state index is 0.123. The van der Waals surface area contributed by atoms with Crippen LogP contribution in [0.4, 0.5) is 0 Å². The van der Waals surface area contributed by atoms with Gasteiger partial charge in [0.15, 0.2) is 5.11 Å². The third kappa shape index (κ3) is 4.16. The Labute approximate surface area is 101 Å². The standard InChI is InChI=1S/C10H18N4OS/c1-3-8(9-11-4-5-12-9)14-10(16)13-6-7-15-2/h4-5,8H,3,6-7H2,1-2H3,(H,11,12)(H2,13,14,16). The summed E-state index contributed by atoms with van der Waals surface area (Å²) in [6, 6.07) is 0.123. The van der Waals surface area contributed by atoms with Crippen molar-refractivity contribution in [3.8, 4) is 0 Å². The van der Waals surface area contributed by atoms with E-state index in [1.54, 1.807) is 19.5 Å². The van der Waals surface area contributed by atoms with Gasteiger partial charge in [0.25, 0.3) is 0 Å². The smallest absolute Gasteiger partial charge is 0.166 e. The molecule has 0 aliphatic rings. The average molecular weight is 242 g/mol. The molecular formula is C10H18N4OS. The van der Waals surface area contributed by atoms with Gasteiger partial charge in [0.2, 0.25) is 0 Å². The Kier molecular flexibility index (Phi) is 5.81. The SMILES string of the molecule is CCC(NC(=S)NCCOC)c1ncc[nH]1.